The molecule has 1 aliphatic rings. The Hall–Kier alpha value is -1.88. The third-order valence-electron chi connectivity index (χ3n) is 3.65. The minimum Gasteiger partial charge on any atom is -0.464 e. The normalized spacial score (nSPS) is 17.1. The number of benzene rings is 1. The van der Waals surface area contributed by atoms with E-state index in [-0.39, 0.29) is 11.9 Å². The van der Waals surface area contributed by atoms with Crippen molar-refractivity contribution in [1.82, 2.24) is 9.80 Å². The molecule has 0 bridgehead atoms. The molecule has 1 saturated heterocycles. The maximum Gasteiger partial charge on any atom is 0.328 e. The molecule has 22 heavy (non-hydrogen) atoms. The van der Waals surface area contributed by atoms with Gasteiger partial charge in [0.1, 0.15) is 6.04 Å². The molecule has 1 aliphatic heterocycles. The molecule has 1 fully saturated rings. The summed E-state index contributed by atoms with van der Waals surface area (Å²) in [5, 5.41) is 0. The minimum absolute atomic E-state index is 0.0232. The molecule has 0 radical (unpaired) electrons. The van der Waals surface area contributed by atoms with Gasteiger partial charge in [0.2, 0.25) is 5.91 Å². The van der Waals surface area contributed by atoms with Gasteiger partial charge in [0.25, 0.3) is 0 Å². The van der Waals surface area contributed by atoms with Crippen LogP contribution in [0.2, 0.25) is 0 Å². The van der Waals surface area contributed by atoms with E-state index in [0.717, 1.165) is 5.56 Å². The van der Waals surface area contributed by atoms with Gasteiger partial charge in [-0.15, -0.1) is 0 Å². The molecular formula is C17H24N2O3. The zero-order valence-corrected chi connectivity index (χ0v) is 13.5. The van der Waals surface area contributed by atoms with E-state index in [2.05, 4.69) is 0 Å². The van der Waals surface area contributed by atoms with Crippen molar-refractivity contribution in [2.45, 2.75) is 33.4 Å². The molecule has 5 nitrogen and oxygen atoms in total. The Balaban J connectivity index is 1.90. The molecule has 0 aliphatic carbocycles. The van der Waals surface area contributed by atoms with Gasteiger partial charge in [0.05, 0.1) is 19.8 Å². The van der Waals surface area contributed by atoms with Crippen LogP contribution in [0.4, 0.5) is 0 Å². The van der Waals surface area contributed by atoms with Crippen molar-refractivity contribution in [3.05, 3.63) is 35.9 Å². The quantitative estimate of drug-likeness (QED) is 0.753. The summed E-state index contributed by atoms with van der Waals surface area (Å²) in [4.78, 5) is 27.8. The molecule has 0 spiro atoms. The number of ether oxygens (including phenoxy) is 1. The Morgan fingerprint density at radius 1 is 1.23 bits per heavy atom. The van der Waals surface area contributed by atoms with Crippen molar-refractivity contribution in [1.29, 1.82) is 0 Å². The highest BCUT2D eigenvalue weighted by Gasteiger charge is 2.34. The van der Waals surface area contributed by atoms with E-state index in [4.69, 9.17) is 4.74 Å². The first-order chi connectivity index (χ1) is 10.5. The fourth-order valence-electron chi connectivity index (χ4n) is 2.41. The average molecular weight is 304 g/mol. The van der Waals surface area contributed by atoms with Gasteiger partial charge < -0.3 is 9.64 Å². The molecule has 0 N–H and O–H groups in total. The van der Waals surface area contributed by atoms with Crippen molar-refractivity contribution < 1.29 is 14.3 Å². The molecule has 0 aromatic heterocycles. The Morgan fingerprint density at radius 3 is 2.55 bits per heavy atom. The van der Waals surface area contributed by atoms with Gasteiger partial charge in [0.15, 0.2) is 0 Å². The molecule has 1 unspecified atom stereocenters. The van der Waals surface area contributed by atoms with Gasteiger partial charge in [0, 0.05) is 6.54 Å². The van der Waals surface area contributed by atoms with Crippen LogP contribution in [-0.4, -0.2) is 47.5 Å². The molecule has 0 saturated carbocycles. The summed E-state index contributed by atoms with van der Waals surface area (Å²) in [6.45, 7) is 7.60. The smallest absolute Gasteiger partial charge is 0.328 e. The van der Waals surface area contributed by atoms with Crippen LogP contribution in [0.15, 0.2) is 30.3 Å². The monoisotopic (exact) mass is 304 g/mol. The van der Waals surface area contributed by atoms with Crippen molar-refractivity contribution >= 4 is 11.9 Å². The lowest BCUT2D eigenvalue weighted by Crippen LogP contribution is -2.42. The highest BCUT2D eigenvalue weighted by atomic mass is 16.5. The van der Waals surface area contributed by atoms with E-state index >= 15 is 0 Å². The van der Waals surface area contributed by atoms with Crippen molar-refractivity contribution in [2.24, 2.45) is 5.92 Å². The zero-order chi connectivity index (χ0) is 16.1. The fourth-order valence-corrected chi connectivity index (χ4v) is 2.41. The number of esters is 1. The Bertz CT molecular complexity index is 516. The zero-order valence-electron chi connectivity index (χ0n) is 13.5. The van der Waals surface area contributed by atoms with Crippen LogP contribution >= 0.6 is 0 Å². The molecule has 1 amide bonds. The number of carbonyl (C=O) groups excluding carboxylic acids is 2. The van der Waals surface area contributed by atoms with E-state index < -0.39 is 6.04 Å². The van der Waals surface area contributed by atoms with E-state index in [1.807, 2.05) is 49.1 Å². The van der Waals surface area contributed by atoms with Crippen molar-refractivity contribution in [3.63, 3.8) is 0 Å². The topological polar surface area (TPSA) is 49.9 Å². The van der Waals surface area contributed by atoms with E-state index in [1.165, 1.54) is 0 Å². The highest BCUT2D eigenvalue weighted by molar-refractivity contribution is 5.86. The predicted octanol–water partition coefficient (Wildman–Crippen LogP) is 1.88. The summed E-state index contributed by atoms with van der Waals surface area (Å²) in [6.07, 6.45) is 0. The Kier molecular flexibility index (Phi) is 5.55. The molecule has 5 heteroatoms. The first-order valence-corrected chi connectivity index (χ1v) is 7.69. The van der Waals surface area contributed by atoms with E-state index in [9.17, 15) is 9.59 Å². The first kappa shape index (κ1) is 16.5. The number of amides is 1. The van der Waals surface area contributed by atoms with Gasteiger partial charge in [-0.1, -0.05) is 44.2 Å². The number of nitrogens with zero attached hydrogens (tertiary/aromatic N) is 2. The predicted molar refractivity (Wildman–Crippen MR) is 83.8 cm³/mol. The second-order valence-electron chi connectivity index (χ2n) is 6.18. The average Bonchev–Trinajstić information content (AvgIpc) is 2.85. The SMILES string of the molecule is CC(C)COC(=O)C(C)N1CN(Cc2ccccc2)CC1=O. The highest BCUT2D eigenvalue weighted by Crippen LogP contribution is 2.15. The van der Waals surface area contributed by atoms with Crippen molar-refractivity contribution in [2.75, 3.05) is 19.8 Å². The summed E-state index contributed by atoms with van der Waals surface area (Å²) in [6, 6.07) is 9.47. The molecule has 1 aromatic rings. The lowest BCUT2D eigenvalue weighted by atomic mass is 10.2. The molecule has 1 atom stereocenters. The summed E-state index contributed by atoms with van der Waals surface area (Å²) < 4.78 is 5.23. The van der Waals surface area contributed by atoms with Crippen LogP contribution in [-0.2, 0) is 20.9 Å². The second-order valence-corrected chi connectivity index (χ2v) is 6.18. The largest absolute Gasteiger partial charge is 0.464 e. The minimum atomic E-state index is -0.535. The van der Waals surface area contributed by atoms with Crippen molar-refractivity contribution in [3.8, 4) is 0 Å². The lowest BCUT2D eigenvalue weighted by molar-refractivity contribution is -0.153. The molecule has 1 aromatic carbocycles. The van der Waals surface area contributed by atoms with E-state index in [1.54, 1.807) is 11.8 Å². The first-order valence-electron chi connectivity index (χ1n) is 7.69. The van der Waals surface area contributed by atoms with Crippen LogP contribution in [0.3, 0.4) is 0 Å². The Morgan fingerprint density at radius 2 is 1.91 bits per heavy atom. The van der Waals surface area contributed by atoms with Crippen LogP contribution in [0.25, 0.3) is 0 Å². The van der Waals surface area contributed by atoms with Gasteiger partial charge >= 0.3 is 5.97 Å². The van der Waals surface area contributed by atoms with Gasteiger partial charge in [-0.05, 0) is 18.4 Å². The lowest BCUT2D eigenvalue weighted by Gasteiger charge is -2.23. The van der Waals surface area contributed by atoms with Crippen LogP contribution in [0, 0.1) is 5.92 Å². The number of hydrogen-bond donors (Lipinski definition) is 0. The van der Waals surface area contributed by atoms with Gasteiger partial charge in [-0.3, -0.25) is 9.69 Å². The molecule has 2 rings (SSSR count). The van der Waals surface area contributed by atoms with Gasteiger partial charge in [-0.2, -0.15) is 0 Å². The fraction of sp³-hybridized carbons (Fsp3) is 0.529. The number of hydrogen-bond acceptors (Lipinski definition) is 4. The van der Waals surface area contributed by atoms with E-state index in [0.29, 0.717) is 32.3 Å². The number of carbonyl (C=O) groups is 2. The van der Waals surface area contributed by atoms with Crippen LogP contribution in [0.1, 0.15) is 26.3 Å². The van der Waals surface area contributed by atoms with Gasteiger partial charge in [-0.25, -0.2) is 4.79 Å². The standard InChI is InChI=1S/C17H24N2O3/c1-13(2)11-22-17(21)14(3)19-12-18(10-16(19)20)9-15-7-5-4-6-8-15/h4-8,13-14H,9-12H2,1-3H3. The number of rotatable bonds is 6. The van der Waals surface area contributed by atoms with Crippen LogP contribution in [0.5, 0.6) is 0 Å². The summed E-state index contributed by atoms with van der Waals surface area (Å²) in [5.41, 5.74) is 1.16. The third kappa shape index (κ3) is 4.31. The van der Waals surface area contributed by atoms with Crippen LogP contribution < -0.4 is 0 Å². The summed E-state index contributed by atoms with van der Waals surface area (Å²) in [7, 11) is 0. The maximum absolute atomic E-state index is 12.1. The Labute approximate surface area is 131 Å². The second kappa shape index (κ2) is 7.40. The summed E-state index contributed by atoms with van der Waals surface area (Å²) >= 11 is 0. The maximum atomic E-state index is 12.1. The third-order valence-corrected chi connectivity index (χ3v) is 3.65. The summed E-state index contributed by atoms with van der Waals surface area (Å²) in [5.74, 6) is -0.0615. The molecule has 120 valence electrons. The molecular weight excluding hydrogens is 280 g/mol. The molecule has 1 heterocycles.